The summed E-state index contributed by atoms with van der Waals surface area (Å²) in [4.78, 5) is 45.0. The third-order valence-corrected chi connectivity index (χ3v) is 3.09. The molecule has 0 aromatic carbocycles. The molecule has 10 nitrogen and oxygen atoms in total. The second-order valence-electron chi connectivity index (χ2n) is 5.24. The van der Waals surface area contributed by atoms with Crippen molar-refractivity contribution in [3.05, 3.63) is 0 Å². The molecule has 1 saturated heterocycles. The van der Waals surface area contributed by atoms with Gasteiger partial charge in [0.25, 0.3) is 0 Å². The zero-order valence-electron chi connectivity index (χ0n) is 13.8. The second-order valence-corrected chi connectivity index (χ2v) is 5.24. The third-order valence-electron chi connectivity index (χ3n) is 3.09. The number of carbonyl (C=O) groups is 4. The fraction of sp³-hybridized carbons (Fsp3) is 0.714. The van der Waals surface area contributed by atoms with Crippen LogP contribution >= 0.6 is 0 Å². The molecule has 0 aromatic heterocycles. The van der Waals surface area contributed by atoms with Gasteiger partial charge in [-0.15, -0.1) is 0 Å². The quantitative estimate of drug-likeness (QED) is 0.456. The summed E-state index contributed by atoms with van der Waals surface area (Å²) in [5.74, 6) is -2.54. The van der Waals surface area contributed by atoms with Gasteiger partial charge in [-0.3, -0.25) is 19.2 Å². The van der Waals surface area contributed by atoms with Gasteiger partial charge in [0, 0.05) is 27.7 Å². The molecule has 0 radical (unpaired) electrons. The molecule has 24 heavy (non-hydrogen) atoms. The van der Waals surface area contributed by atoms with Crippen LogP contribution in [-0.4, -0.2) is 66.2 Å². The van der Waals surface area contributed by atoms with Crippen LogP contribution in [0, 0.1) is 0 Å². The van der Waals surface area contributed by atoms with E-state index in [1.807, 2.05) is 0 Å². The molecule has 10 heteroatoms. The molecule has 0 aromatic rings. The van der Waals surface area contributed by atoms with Gasteiger partial charge >= 0.3 is 17.9 Å². The lowest BCUT2D eigenvalue weighted by Gasteiger charge is -2.43. The molecule has 1 fully saturated rings. The van der Waals surface area contributed by atoms with E-state index in [4.69, 9.17) is 18.9 Å². The maximum Gasteiger partial charge on any atom is 0.303 e. The van der Waals surface area contributed by atoms with E-state index in [-0.39, 0.29) is 6.61 Å². The lowest BCUT2D eigenvalue weighted by molar-refractivity contribution is -0.264. The number of carbonyl (C=O) groups excluding carboxylic acids is 4. The summed E-state index contributed by atoms with van der Waals surface area (Å²) in [6.45, 7) is 4.28. The minimum absolute atomic E-state index is 0.338. The average molecular weight is 347 g/mol. The Kier molecular flexibility index (Phi) is 7.11. The zero-order valence-corrected chi connectivity index (χ0v) is 13.8. The van der Waals surface area contributed by atoms with Crippen LogP contribution in [0.25, 0.3) is 0 Å². The van der Waals surface area contributed by atoms with Gasteiger partial charge in [0.2, 0.25) is 5.91 Å². The Balaban J connectivity index is 3.11. The highest BCUT2D eigenvalue weighted by Crippen LogP contribution is 2.26. The van der Waals surface area contributed by atoms with Gasteiger partial charge in [-0.2, -0.15) is 0 Å². The molecule has 1 aliphatic rings. The smallest absolute Gasteiger partial charge is 0.303 e. The molecule has 136 valence electrons. The maximum atomic E-state index is 11.4. The molecule has 1 heterocycles. The Morgan fingerprint density at radius 1 is 0.958 bits per heavy atom. The number of rotatable bonds is 5. The summed E-state index contributed by atoms with van der Waals surface area (Å²) in [5.41, 5.74) is 0. The van der Waals surface area contributed by atoms with Crippen molar-refractivity contribution in [2.45, 2.75) is 58.3 Å². The van der Waals surface area contributed by atoms with Crippen molar-refractivity contribution in [2.75, 3.05) is 6.61 Å². The number of amides is 1. The van der Waals surface area contributed by atoms with Crippen molar-refractivity contribution < 1.29 is 43.2 Å². The highest BCUT2D eigenvalue weighted by atomic mass is 16.7. The highest BCUT2D eigenvalue weighted by molar-refractivity contribution is 5.73. The van der Waals surface area contributed by atoms with E-state index >= 15 is 0 Å². The Morgan fingerprint density at radius 3 is 1.96 bits per heavy atom. The van der Waals surface area contributed by atoms with E-state index in [0.29, 0.717) is 0 Å². The fourth-order valence-corrected chi connectivity index (χ4v) is 2.31. The Bertz CT molecular complexity index is 506. The minimum Gasteiger partial charge on any atom is -0.463 e. The van der Waals surface area contributed by atoms with Gasteiger partial charge in [-0.25, -0.2) is 0 Å². The van der Waals surface area contributed by atoms with Crippen LogP contribution in [0.2, 0.25) is 0 Å². The molecule has 0 saturated carbocycles. The summed E-state index contributed by atoms with van der Waals surface area (Å²) in [7, 11) is 0. The molecular formula is C14H21NO9. The summed E-state index contributed by atoms with van der Waals surface area (Å²) in [6, 6.07) is -1.16. The molecule has 1 aliphatic heterocycles. The van der Waals surface area contributed by atoms with Crippen molar-refractivity contribution in [3.8, 4) is 0 Å². The monoisotopic (exact) mass is 347 g/mol. The number of hydrogen-bond acceptors (Lipinski definition) is 9. The van der Waals surface area contributed by atoms with Gasteiger partial charge in [0.15, 0.2) is 18.5 Å². The van der Waals surface area contributed by atoms with E-state index in [9.17, 15) is 24.3 Å². The van der Waals surface area contributed by atoms with Gasteiger partial charge in [-0.05, 0) is 0 Å². The largest absolute Gasteiger partial charge is 0.463 e. The molecule has 0 bridgehead atoms. The first-order valence-electron chi connectivity index (χ1n) is 7.20. The number of aliphatic hydroxyl groups is 1. The van der Waals surface area contributed by atoms with Crippen LogP contribution in [0.15, 0.2) is 0 Å². The second kappa shape index (κ2) is 8.60. The summed E-state index contributed by atoms with van der Waals surface area (Å²) < 4.78 is 20.3. The standard InChI is InChI=1S/C14H21NO9/c1-6(16)15-11-13(23-9(4)19)12(22-8(3)18)10(24-14(11)20)5-21-7(2)17/h10-14,20H,5H2,1-4H3,(H,15,16). The van der Waals surface area contributed by atoms with Crippen molar-refractivity contribution >= 4 is 23.8 Å². The van der Waals surface area contributed by atoms with E-state index in [1.165, 1.54) is 13.8 Å². The van der Waals surface area contributed by atoms with Gasteiger partial charge in [0.05, 0.1) is 0 Å². The van der Waals surface area contributed by atoms with E-state index in [2.05, 4.69) is 5.32 Å². The Labute approximate surface area is 138 Å². The first kappa shape index (κ1) is 19.8. The summed E-state index contributed by atoms with van der Waals surface area (Å²) in [5, 5.41) is 12.5. The third kappa shape index (κ3) is 5.78. The molecule has 0 aliphatic carbocycles. The van der Waals surface area contributed by atoms with E-state index in [1.54, 1.807) is 0 Å². The lowest BCUT2D eigenvalue weighted by atomic mass is 9.96. The van der Waals surface area contributed by atoms with Crippen molar-refractivity contribution in [3.63, 3.8) is 0 Å². The normalized spacial score (nSPS) is 29.3. The molecule has 2 N–H and O–H groups in total. The fourth-order valence-electron chi connectivity index (χ4n) is 2.31. The van der Waals surface area contributed by atoms with Crippen molar-refractivity contribution in [1.82, 2.24) is 5.32 Å². The number of nitrogens with one attached hydrogen (secondary N) is 1. The van der Waals surface area contributed by atoms with Crippen molar-refractivity contribution in [1.29, 1.82) is 0 Å². The molecule has 5 unspecified atom stereocenters. The molecule has 5 atom stereocenters. The molecule has 1 amide bonds. The van der Waals surface area contributed by atoms with Crippen LogP contribution in [0.4, 0.5) is 0 Å². The minimum atomic E-state index is -1.56. The number of ether oxygens (including phenoxy) is 4. The number of aliphatic hydroxyl groups excluding tert-OH is 1. The highest BCUT2D eigenvalue weighted by Gasteiger charge is 2.50. The molecule has 1 rings (SSSR count). The molecule has 0 spiro atoms. The first-order valence-corrected chi connectivity index (χ1v) is 7.20. The van der Waals surface area contributed by atoms with Crippen LogP contribution < -0.4 is 5.32 Å². The van der Waals surface area contributed by atoms with Gasteiger partial charge in [-0.1, -0.05) is 0 Å². The predicted molar refractivity (Wildman–Crippen MR) is 76.2 cm³/mol. The van der Waals surface area contributed by atoms with Crippen LogP contribution in [0.3, 0.4) is 0 Å². The van der Waals surface area contributed by atoms with Crippen LogP contribution in [0.1, 0.15) is 27.7 Å². The molecular weight excluding hydrogens is 326 g/mol. The van der Waals surface area contributed by atoms with E-state index < -0.39 is 54.5 Å². The van der Waals surface area contributed by atoms with Gasteiger partial charge in [0.1, 0.15) is 18.8 Å². The zero-order chi connectivity index (χ0) is 18.4. The summed E-state index contributed by atoms with van der Waals surface area (Å²) >= 11 is 0. The number of hydrogen-bond donors (Lipinski definition) is 2. The topological polar surface area (TPSA) is 137 Å². The Morgan fingerprint density at radius 2 is 1.50 bits per heavy atom. The van der Waals surface area contributed by atoms with Crippen LogP contribution in [-0.2, 0) is 38.1 Å². The lowest BCUT2D eigenvalue weighted by Crippen LogP contribution is -2.66. The first-order chi connectivity index (χ1) is 11.1. The van der Waals surface area contributed by atoms with Crippen LogP contribution in [0.5, 0.6) is 0 Å². The summed E-state index contributed by atoms with van der Waals surface area (Å²) in [6.07, 6.45) is -5.06. The Hall–Kier alpha value is -2.20. The average Bonchev–Trinajstić information content (AvgIpc) is 2.42. The maximum absolute atomic E-state index is 11.4. The SMILES string of the molecule is CC(=O)NC1C(O)OC(COC(C)=O)C(OC(C)=O)C1OC(C)=O. The van der Waals surface area contributed by atoms with Crippen molar-refractivity contribution in [2.24, 2.45) is 0 Å². The van der Waals surface area contributed by atoms with E-state index in [0.717, 1.165) is 13.8 Å². The number of esters is 3. The van der Waals surface area contributed by atoms with Gasteiger partial charge < -0.3 is 29.4 Å². The predicted octanol–water partition coefficient (Wildman–Crippen LogP) is -1.37.